The molecule has 0 saturated heterocycles. The molecule has 7 heteroatoms. The van der Waals surface area contributed by atoms with Crippen LogP contribution >= 0.6 is 0 Å². The average molecular weight is 434 g/mol. The third-order valence-corrected chi connectivity index (χ3v) is 6.10. The second-order valence-corrected chi connectivity index (χ2v) is 8.32. The largest absolute Gasteiger partial charge is 0.488 e. The van der Waals surface area contributed by atoms with Crippen molar-refractivity contribution in [3.63, 3.8) is 0 Å². The van der Waals surface area contributed by atoms with Crippen LogP contribution in [0.1, 0.15) is 41.7 Å². The number of alkyl halides is 6. The van der Waals surface area contributed by atoms with Gasteiger partial charge in [0.1, 0.15) is 12.4 Å². The van der Waals surface area contributed by atoms with Crippen molar-refractivity contribution in [2.24, 2.45) is 0 Å². The minimum atomic E-state index is -4.94. The predicted molar refractivity (Wildman–Crippen MR) is 106 cm³/mol. The lowest BCUT2D eigenvalue weighted by atomic mass is 9.77. The second kappa shape index (κ2) is 6.05. The molecule has 2 aliphatic rings. The minimum Gasteiger partial charge on any atom is -0.488 e. The smallest absolute Gasteiger partial charge is 0.416 e. The van der Waals surface area contributed by atoms with Gasteiger partial charge in [-0.15, -0.1) is 0 Å². The molecule has 160 valence electrons. The Bertz CT molecular complexity index is 1280. The Kier molecular flexibility index (Phi) is 3.90. The zero-order valence-electron chi connectivity index (χ0n) is 16.5. The van der Waals surface area contributed by atoms with E-state index >= 15 is 0 Å². The van der Waals surface area contributed by atoms with Crippen molar-refractivity contribution in [3.8, 4) is 16.9 Å². The summed E-state index contributed by atoms with van der Waals surface area (Å²) >= 11 is 0. The molecule has 0 saturated carbocycles. The monoisotopic (exact) mass is 434 g/mol. The molecule has 0 spiro atoms. The quantitative estimate of drug-likeness (QED) is 0.331. The van der Waals surface area contributed by atoms with Gasteiger partial charge in [0.05, 0.1) is 11.1 Å². The van der Waals surface area contributed by atoms with E-state index in [0.717, 1.165) is 6.07 Å². The van der Waals surface area contributed by atoms with E-state index < -0.39 is 28.9 Å². The molecule has 3 aromatic carbocycles. The van der Waals surface area contributed by atoms with Crippen LogP contribution < -0.4 is 4.74 Å². The molecule has 1 aliphatic carbocycles. The molecule has 3 aromatic rings. The molecule has 0 amide bonds. The molecule has 5 rings (SSSR count). The minimum absolute atomic E-state index is 0.0277. The summed E-state index contributed by atoms with van der Waals surface area (Å²) in [5, 5.41) is 1.24. The highest BCUT2D eigenvalue weighted by atomic mass is 19.4. The maximum atomic E-state index is 14.0. The lowest BCUT2D eigenvalue weighted by Crippen LogP contribution is -2.23. The van der Waals surface area contributed by atoms with E-state index in [1.54, 1.807) is 50.3 Å². The highest BCUT2D eigenvalue weighted by Crippen LogP contribution is 2.59. The molecular formula is C24H16F6O. The number of hydrogen-bond donors (Lipinski definition) is 0. The van der Waals surface area contributed by atoms with Crippen molar-refractivity contribution in [1.82, 2.24) is 0 Å². The Hall–Kier alpha value is -2.96. The molecule has 1 aliphatic heterocycles. The van der Waals surface area contributed by atoms with Crippen molar-refractivity contribution in [2.75, 3.05) is 6.61 Å². The fourth-order valence-electron chi connectivity index (χ4n) is 4.99. The van der Waals surface area contributed by atoms with Gasteiger partial charge in [0.2, 0.25) is 0 Å². The summed E-state index contributed by atoms with van der Waals surface area (Å²) in [6.07, 6.45) is -6.31. The van der Waals surface area contributed by atoms with Crippen LogP contribution in [0.5, 0.6) is 5.75 Å². The Morgan fingerprint density at radius 3 is 2.19 bits per heavy atom. The van der Waals surface area contributed by atoms with E-state index in [9.17, 15) is 26.3 Å². The van der Waals surface area contributed by atoms with Gasteiger partial charge in [-0.1, -0.05) is 44.2 Å². The summed E-state index contributed by atoms with van der Waals surface area (Å²) in [5.74, 6) is 0.544. The van der Waals surface area contributed by atoms with E-state index in [1.807, 2.05) is 0 Å². The van der Waals surface area contributed by atoms with Crippen LogP contribution in [0.15, 0.2) is 42.5 Å². The zero-order chi connectivity index (χ0) is 22.3. The van der Waals surface area contributed by atoms with Gasteiger partial charge in [-0.3, -0.25) is 0 Å². The fourth-order valence-corrected chi connectivity index (χ4v) is 4.99. The average Bonchev–Trinajstić information content (AvgIpc) is 2.94. The van der Waals surface area contributed by atoms with Gasteiger partial charge in [0.25, 0.3) is 0 Å². The molecule has 0 bridgehead atoms. The van der Waals surface area contributed by atoms with E-state index in [1.165, 1.54) is 0 Å². The summed E-state index contributed by atoms with van der Waals surface area (Å²) < 4.78 is 88.7. The van der Waals surface area contributed by atoms with Crippen LogP contribution in [0.25, 0.3) is 28.0 Å². The number of halogens is 6. The van der Waals surface area contributed by atoms with E-state index in [-0.39, 0.29) is 17.2 Å². The van der Waals surface area contributed by atoms with Crippen LogP contribution in [-0.4, -0.2) is 6.61 Å². The van der Waals surface area contributed by atoms with Crippen molar-refractivity contribution < 1.29 is 31.1 Å². The highest BCUT2D eigenvalue weighted by molar-refractivity contribution is 6.08. The van der Waals surface area contributed by atoms with Crippen LogP contribution in [0.3, 0.4) is 0 Å². The lowest BCUT2D eigenvalue weighted by molar-refractivity contribution is -0.143. The normalized spacial score (nSPS) is 16.6. The van der Waals surface area contributed by atoms with Crippen LogP contribution in [0, 0.1) is 0 Å². The Balaban J connectivity index is 2.02. The number of benzene rings is 3. The second-order valence-electron chi connectivity index (χ2n) is 8.32. The third kappa shape index (κ3) is 2.71. The van der Waals surface area contributed by atoms with Gasteiger partial charge in [-0.25, -0.2) is 0 Å². The maximum absolute atomic E-state index is 14.0. The molecule has 1 heterocycles. The Morgan fingerprint density at radius 1 is 0.871 bits per heavy atom. The SMILES string of the molecule is CC1(C)c2c(cc(C(F)(F)F)cc2C(F)(F)F)-c2c1c1c(c3ccccc23)OCC=C1. The van der Waals surface area contributed by atoms with Crippen molar-refractivity contribution in [2.45, 2.75) is 31.6 Å². The van der Waals surface area contributed by atoms with Gasteiger partial charge in [0.15, 0.2) is 0 Å². The molecule has 0 atom stereocenters. The number of hydrogen-bond acceptors (Lipinski definition) is 1. The molecular weight excluding hydrogens is 418 g/mol. The molecule has 0 radical (unpaired) electrons. The summed E-state index contributed by atoms with van der Waals surface area (Å²) in [5.41, 5.74) is -2.34. The van der Waals surface area contributed by atoms with E-state index in [2.05, 4.69) is 0 Å². The maximum Gasteiger partial charge on any atom is 0.416 e. The summed E-state index contributed by atoms with van der Waals surface area (Å²) in [4.78, 5) is 0. The first-order valence-electron chi connectivity index (χ1n) is 9.64. The van der Waals surface area contributed by atoms with Gasteiger partial charge >= 0.3 is 12.4 Å². The van der Waals surface area contributed by atoms with Gasteiger partial charge in [-0.2, -0.15) is 26.3 Å². The fraction of sp³-hybridized carbons (Fsp3) is 0.250. The Morgan fingerprint density at radius 2 is 1.55 bits per heavy atom. The molecule has 0 aromatic heterocycles. The predicted octanol–water partition coefficient (Wildman–Crippen LogP) is 7.59. The highest BCUT2D eigenvalue weighted by Gasteiger charge is 2.48. The van der Waals surface area contributed by atoms with Crippen LogP contribution in [-0.2, 0) is 17.8 Å². The molecule has 31 heavy (non-hydrogen) atoms. The summed E-state index contributed by atoms with van der Waals surface area (Å²) in [6, 6.07) is 8.06. The van der Waals surface area contributed by atoms with E-state index in [4.69, 9.17) is 4.74 Å². The van der Waals surface area contributed by atoms with Crippen molar-refractivity contribution in [3.05, 3.63) is 70.3 Å². The van der Waals surface area contributed by atoms with Crippen LogP contribution in [0.4, 0.5) is 26.3 Å². The van der Waals surface area contributed by atoms with Gasteiger partial charge in [-0.05, 0) is 45.8 Å². The topological polar surface area (TPSA) is 9.23 Å². The standard InChI is InChI=1S/C24H16F6O/c1-22(2)19-16(10-12(23(25,26)27)11-17(19)24(28,29)30)18-13-6-3-4-7-14(13)21-15(20(18)22)8-5-9-31-21/h3-8,10-11H,9H2,1-2H3. The first-order chi connectivity index (χ1) is 14.4. The molecule has 1 nitrogen and oxygen atoms in total. The lowest BCUT2D eigenvalue weighted by Gasteiger charge is -2.29. The molecule has 0 N–H and O–H groups in total. The first kappa shape index (κ1) is 20.0. The molecule has 0 fully saturated rings. The van der Waals surface area contributed by atoms with E-state index in [0.29, 0.717) is 39.8 Å². The Labute approximate surface area is 173 Å². The van der Waals surface area contributed by atoms with Crippen molar-refractivity contribution in [1.29, 1.82) is 0 Å². The summed E-state index contributed by atoms with van der Waals surface area (Å²) in [6.45, 7) is 3.56. The van der Waals surface area contributed by atoms with Crippen LogP contribution in [0.2, 0.25) is 0 Å². The zero-order valence-corrected chi connectivity index (χ0v) is 16.5. The number of ether oxygens (including phenoxy) is 1. The number of fused-ring (bicyclic) bond motifs is 8. The third-order valence-electron chi connectivity index (χ3n) is 6.10. The summed E-state index contributed by atoms with van der Waals surface area (Å²) in [7, 11) is 0. The van der Waals surface area contributed by atoms with Crippen molar-refractivity contribution >= 4 is 16.8 Å². The first-order valence-corrected chi connectivity index (χ1v) is 9.64. The van der Waals surface area contributed by atoms with Gasteiger partial charge in [0, 0.05) is 16.4 Å². The molecule has 0 unspecified atom stereocenters. The number of rotatable bonds is 0. The van der Waals surface area contributed by atoms with Gasteiger partial charge < -0.3 is 4.74 Å².